The summed E-state index contributed by atoms with van der Waals surface area (Å²) in [5.74, 6) is -0.352. The average molecular weight is 240 g/mol. The highest BCUT2D eigenvalue weighted by Crippen LogP contribution is 2.22. The van der Waals surface area contributed by atoms with Crippen LogP contribution in [0.25, 0.3) is 6.08 Å². The number of carbonyl (C=O) groups excluding carboxylic acids is 1. The van der Waals surface area contributed by atoms with Crippen LogP contribution in [0.5, 0.6) is 0 Å². The quantitative estimate of drug-likeness (QED) is 0.760. The van der Waals surface area contributed by atoms with Gasteiger partial charge in [-0.1, -0.05) is 11.6 Å². The molecule has 0 aliphatic rings. The first-order chi connectivity index (χ1) is 7.60. The number of hydrogen-bond donors (Lipinski definition) is 0. The Morgan fingerprint density at radius 2 is 2.12 bits per heavy atom. The number of esters is 1. The minimum absolute atomic E-state index is 0.352. The number of methoxy groups -OCH3 is 1. The molecular weight excluding hydrogens is 226 g/mol. The zero-order chi connectivity index (χ0) is 12.1. The lowest BCUT2D eigenvalue weighted by molar-refractivity contribution is 0.0600. The molecule has 0 aliphatic carbocycles. The zero-order valence-corrected chi connectivity index (χ0v) is 10.3. The molecule has 0 N–H and O–H groups in total. The smallest absolute Gasteiger partial charge is 0.337 e. The predicted molar refractivity (Wildman–Crippen MR) is 67.0 cm³/mol. The lowest BCUT2D eigenvalue weighted by Crippen LogP contribution is -2.11. The summed E-state index contributed by atoms with van der Waals surface area (Å²) in [5.41, 5.74) is 3.80. The van der Waals surface area contributed by atoms with Gasteiger partial charge in [0, 0.05) is 25.3 Å². The van der Waals surface area contributed by atoms with E-state index in [9.17, 15) is 4.79 Å². The van der Waals surface area contributed by atoms with E-state index in [1.54, 1.807) is 18.2 Å². The zero-order valence-electron chi connectivity index (χ0n) is 9.53. The van der Waals surface area contributed by atoms with Gasteiger partial charge in [0.05, 0.1) is 12.7 Å². The Morgan fingerprint density at radius 1 is 1.44 bits per heavy atom. The van der Waals surface area contributed by atoms with Crippen LogP contribution in [0.2, 0.25) is 0 Å². The summed E-state index contributed by atoms with van der Waals surface area (Å²) in [4.78, 5) is 13.3. The summed E-state index contributed by atoms with van der Waals surface area (Å²) in [6.45, 7) is 0. The van der Waals surface area contributed by atoms with E-state index >= 15 is 0 Å². The van der Waals surface area contributed by atoms with Crippen molar-refractivity contribution in [3.8, 4) is 0 Å². The molecule has 0 amide bonds. The van der Waals surface area contributed by atoms with Gasteiger partial charge in [0.2, 0.25) is 0 Å². The van der Waals surface area contributed by atoms with E-state index < -0.39 is 0 Å². The number of rotatable bonds is 3. The summed E-state index contributed by atoms with van der Waals surface area (Å²) >= 11 is 5.56. The fraction of sp³-hybridized carbons (Fsp3) is 0.250. The summed E-state index contributed by atoms with van der Waals surface area (Å²) in [6.07, 6.45) is 1.74. The monoisotopic (exact) mass is 239 g/mol. The molecule has 0 aliphatic heterocycles. The van der Waals surface area contributed by atoms with Crippen LogP contribution in [-0.2, 0) is 4.74 Å². The van der Waals surface area contributed by atoms with E-state index in [0.717, 1.165) is 11.3 Å². The van der Waals surface area contributed by atoms with Crippen LogP contribution in [0.1, 0.15) is 15.9 Å². The molecule has 1 aromatic rings. The van der Waals surface area contributed by atoms with Crippen molar-refractivity contribution in [2.45, 2.75) is 0 Å². The normalized spacial score (nSPS) is 10.5. The first kappa shape index (κ1) is 12.6. The van der Waals surface area contributed by atoms with Gasteiger partial charge in [-0.25, -0.2) is 4.79 Å². The average Bonchev–Trinajstić information content (AvgIpc) is 2.28. The number of benzene rings is 1. The van der Waals surface area contributed by atoms with Crippen molar-refractivity contribution >= 4 is 29.3 Å². The molecule has 0 saturated heterocycles. The molecule has 0 spiro atoms. The fourth-order valence-electron chi connectivity index (χ4n) is 1.41. The van der Waals surface area contributed by atoms with Crippen molar-refractivity contribution in [2.24, 2.45) is 0 Å². The standard InChI is InChI=1S/C12H14ClNO2/c1-14(2)11-5-4-10(12(15)16-3)8-9(11)6-7-13/h4-8H,1-3H3/b7-6-. The molecule has 86 valence electrons. The van der Waals surface area contributed by atoms with Crippen LogP contribution in [0.15, 0.2) is 23.7 Å². The lowest BCUT2D eigenvalue weighted by atomic mass is 10.1. The van der Waals surface area contributed by atoms with E-state index in [1.807, 2.05) is 25.1 Å². The Kier molecular flexibility index (Phi) is 4.38. The Morgan fingerprint density at radius 3 is 2.62 bits per heavy atom. The van der Waals surface area contributed by atoms with E-state index in [4.69, 9.17) is 11.6 Å². The maximum Gasteiger partial charge on any atom is 0.337 e. The van der Waals surface area contributed by atoms with Gasteiger partial charge in [0.15, 0.2) is 0 Å². The maximum atomic E-state index is 11.4. The van der Waals surface area contributed by atoms with Crippen LogP contribution in [0.4, 0.5) is 5.69 Å². The largest absolute Gasteiger partial charge is 0.465 e. The SMILES string of the molecule is COC(=O)c1ccc(N(C)C)c(/C=C\Cl)c1. The molecule has 0 radical (unpaired) electrons. The van der Waals surface area contributed by atoms with Gasteiger partial charge in [-0.2, -0.15) is 0 Å². The molecule has 0 fully saturated rings. The first-order valence-electron chi connectivity index (χ1n) is 4.76. The molecule has 3 nitrogen and oxygen atoms in total. The third-order valence-electron chi connectivity index (χ3n) is 2.17. The highest BCUT2D eigenvalue weighted by Gasteiger charge is 2.09. The number of hydrogen-bond acceptors (Lipinski definition) is 3. The Hall–Kier alpha value is -1.48. The van der Waals surface area contributed by atoms with Crippen molar-refractivity contribution in [1.82, 2.24) is 0 Å². The molecule has 0 unspecified atom stereocenters. The second-order valence-corrected chi connectivity index (χ2v) is 3.70. The predicted octanol–water partition coefficient (Wildman–Crippen LogP) is 2.75. The van der Waals surface area contributed by atoms with E-state index in [0.29, 0.717) is 5.56 Å². The van der Waals surface area contributed by atoms with E-state index in [1.165, 1.54) is 12.6 Å². The third kappa shape index (κ3) is 2.76. The maximum absolute atomic E-state index is 11.4. The van der Waals surface area contributed by atoms with Crippen LogP contribution in [0.3, 0.4) is 0 Å². The van der Waals surface area contributed by atoms with Crippen molar-refractivity contribution in [3.63, 3.8) is 0 Å². The van der Waals surface area contributed by atoms with Gasteiger partial charge in [-0.3, -0.25) is 0 Å². The molecule has 16 heavy (non-hydrogen) atoms. The van der Waals surface area contributed by atoms with Gasteiger partial charge in [-0.05, 0) is 29.8 Å². The fourth-order valence-corrected chi connectivity index (χ4v) is 1.54. The Bertz CT molecular complexity index is 413. The summed E-state index contributed by atoms with van der Waals surface area (Å²) < 4.78 is 4.66. The number of ether oxygens (including phenoxy) is 1. The minimum atomic E-state index is -0.352. The second-order valence-electron chi connectivity index (χ2n) is 3.45. The van der Waals surface area contributed by atoms with E-state index in [-0.39, 0.29) is 5.97 Å². The number of anilines is 1. The molecule has 1 aromatic carbocycles. The van der Waals surface area contributed by atoms with E-state index in [2.05, 4.69) is 4.74 Å². The van der Waals surface area contributed by atoms with Gasteiger partial charge in [0.25, 0.3) is 0 Å². The summed E-state index contributed by atoms with van der Waals surface area (Å²) in [6, 6.07) is 5.34. The highest BCUT2D eigenvalue weighted by molar-refractivity contribution is 6.27. The van der Waals surface area contributed by atoms with Gasteiger partial charge < -0.3 is 9.64 Å². The molecule has 0 saturated carbocycles. The minimum Gasteiger partial charge on any atom is -0.465 e. The molecule has 4 heteroatoms. The van der Waals surface area contributed by atoms with Gasteiger partial charge >= 0.3 is 5.97 Å². The molecule has 0 atom stereocenters. The van der Waals surface area contributed by atoms with Crippen LogP contribution < -0.4 is 4.90 Å². The molecule has 0 aromatic heterocycles. The number of halogens is 1. The van der Waals surface area contributed by atoms with Gasteiger partial charge in [-0.15, -0.1) is 0 Å². The van der Waals surface area contributed by atoms with Crippen LogP contribution in [-0.4, -0.2) is 27.2 Å². The molecular formula is C12H14ClNO2. The molecule has 1 rings (SSSR count). The van der Waals surface area contributed by atoms with Crippen molar-refractivity contribution in [1.29, 1.82) is 0 Å². The topological polar surface area (TPSA) is 29.5 Å². The summed E-state index contributed by atoms with van der Waals surface area (Å²) in [7, 11) is 5.22. The van der Waals surface area contributed by atoms with Crippen molar-refractivity contribution in [3.05, 3.63) is 34.9 Å². The lowest BCUT2D eigenvalue weighted by Gasteiger charge is -2.16. The Balaban J connectivity index is 3.22. The molecule has 0 bridgehead atoms. The van der Waals surface area contributed by atoms with Gasteiger partial charge in [0.1, 0.15) is 0 Å². The number of carbonyl (C=O) groups is 1. The van der Waals surface area contributed by atoms with Crippen LogP contribution in [0, 0.1) is 0 Å². The van der Waals surface area contributed by atoms with Crippen LogP contribution >= 0.6 is 11.6 Å². The second kappa shape index (κ2) is 5.56. The third-order valence-corrected chi connectivity index (χ3v) is 2.30. The first-order valence-corrected chi connectivity index (χ1v) is 5.20. The Labute approximate surface area is 100 Å². The number of nitrogens with zero attached hydrogens (tertiary/aromatic N) is 1. The van der Waals surface area contributed by atoms with Crippen molar-refractivity contribution in [2.75, 3.05) is 26.1 Å². The highest BCUT2D eigenvalue weighted by atomic mass is 35.5. The summed E-state index contributed by atoms with van der Waals surface area (Å²) in [5, 5.41) is 0. The van der Waals surface area contributed by atoms with Crippen molar-refractivity contribution < 1.29 is 9.53 Å². The molecule has 0 heterocycles.